The third-order valence-corrected chi connectivity index (χ3v) is 4.89. The Balaban J connectivity index is 1.62. The Labute approximate surface area is 151 Å². The summed E-state index contributed by atoms with van der Waals surface area (Å²) in [6, 6.07) is 10.1. The van der Waals surface area contributed by atoms with Gasteiger partial charge in [0.2, 0.25) is 0 Å². The SMILES string of the molecule is NC1CCN(Cc2ccn3ncnc(Nc4cccc(Cl)c4)c23)CC1. The number of likely N-dealkylation sites (tertiary alicyclic amines) is 1. The first kappa shape index (κ1) is 16.3. The van der Waals surface area contributed by atoms with Gasteiger partial charge in [0.25, 0.3) is 0 Å². The van der Waals surface area contributed by atoms with Crippen molar-refractivity contribution in [1.82, 2.24) is 19.5 Å². The molecule has 0 unspecified atom stereocenters. The highest BCUT2D eigenvalue weighted by Gasteiger charge is 2.18. The topological polar surface area (TPSA) is 71.5 Å². The molecule has 0 aliphatic carbocycles. The van der Waals surface area contributed by atoms with Gasteiger partial charge in [0, 0.05) is 29.5 Å². The first-order valence-corrected chi connectivity index (χ1v) is 8.88. The van der Waals surface area contributed by atoms with Gasteiger partial charge in [-0.2, -0.15) is 5.10 Å². The maximum atomic E-state index is 6.09. The van der Waals surface area contributed by atoms with Gasteiger partial charge in [-0.15, -0.1) is 0 Å². The first-order valence-electron chi connectivity index (χ1n) is 8.51. The lowest BCUT2D eigenvalue weighted by Gasteiger charge is -2.29. The van der Waals surface area contributed by atoms with Crippen LogP contribution < -0.4 is 11.1 Å². The van der Waals surface area contributed by atoms with Gasteiger partial charge in [0.05, 0.1) is 0 Å². The summed E-state index contributed by atoms with van der Waals surface area (Å²) >= 11 is 6.09. The molecule has 0 spiro atoms. The normalized spacial score (nSPS) is 16.4. The molecule has 0 atom stereocenters. The average molecular weight is 357 g/mol. The first-order chi connectivity index (χ1) is 12.2. The second-order valence-electron chi connectivity index (χ2n) is 6.49. The van der Waals surface area contributed by atoms with E-state index in [0.717, 1.165) is 49.5 Å². The van der Waals surface area contributed by atoms with E-state index >= 15 is 0 Å². The molecule has 130 valence electrons. The fraction of sp³-hybridized carbons (Fsp3) is 0.333. The van der Waals surface area contributed by atoms with Crippen molar-refractivity contribution in [2.45, 2.75) is 25.4 Å². The zero-order valence-corrected chi connectivity index (χ0v) is 14.7. The number of aromatic nitrogens is 3. The van der Waals surface area contributed by atoms with Crippen molar-refractivity contribution in [2.75, 3.05) is 18.4 Å². The minimum absolute atomic E-state index is 0.338. The zero-order chi connectivity index (χ0) is 17.2. The minimum Gasteiger partial charge on any atom is -0.338 e. The van der Waals surface area contributed by atoms with Crippen LogP contribution in [0.5, 0.6) is 0 Å². The van der Waals surface area contributed by atoms with Crippen molar-refractivity contribution < 1.29 is 0 Å². The van der Waals surface area contributed by atoms with Crippen LogP contribution >= 0.6 is 11.6 Å². The number of hydrogen-bond donors (Lipinski definition) is 2. The molecule has 1 aromatic carbocycles. The van der Waals surface area contributed by atoms with Crippen molar-refractivity contribution in [3.05, 3.63) is 53.4 Å². The van der Waals surface area contributed by atoms with Crippen LogP contribution in [-0.4, -0.2) is 38.6 Å². The molecule has 6 nitrogen and oxygen atoms in total. The summed E-state index contributed by atoms with van der Waals surface area (Å²) in [7, 11) is 0. The summed E-state index contributed by atoms with van der Waals surface area (Å²) < 4.78 is 1.87. The predicted molar refractivity (Wildman–Crippen MR) is 100 cm³/mol. The maximum Gasteiger partial charge on any atom is 0.158 e. The Hall–Kier alpha value is -2.15. The van der Waals surface area contributed by atoms with Gasteiger partial charge in [0.15, 0.2) is 5.82 Å². The molecule has 3 heterocycles. The summed E-state index contributed by atoms with van der Waals surface area (Å²) in [5.74, 6) is 0.783. The van der Waals surface area contributed by atoms with E-state index in [0.29, 0.717) is 11.1 Å². The van der Waals surface area contributed by atoms with Crippen LogP contribution in [0.2, 0.25) is 5.02 Å². The van der Waals surface area contributed by atoms with Gasteiger partial charge in [0.1, 0.15) is 11.8 Å². The van der Waals surface area contributed by atoms with Gasteiger partial charge in [-0.3, -0.25) is 4.90 Å². The molecule has 1 aliphatic rings. The lowest BCUT2D eigenvalue weighted by atomic mass is 10.1. The van der Waals surface area contributed by atoms with Crippen molar-refractivity contribution in [3.63, 3.8) is 0 Å². The fourth-order valence-electron chi connectivity index (χ4n) is 3.29. The third-order valence-electron chi connectivity index (χ3n) is 4.65. The van der Waals surface area contributed by atoms with E-state index in [9.17, 15) is 0 Å². The van der Waals surface area contributed by atoms with E-state index in [-0.39, 0.29) is 0 Å². The highest BCUT2D eigenvalue weighted by Crippen LogP contribution is 2.26. The molecule has 2 aromatic heterocycles. The second kappa shape index (κ2) is 7.00. The van der Waals surface area contributed by atoms with Crippen LogP contribution in [-0.2, 0) is 6.54 Å². The molecule has 3 N–H and O–H groups in total. The molecule has 0 amide bonds. The summed E-state index contributed by atoms with van der Waals surface area (Å²) in [4.78, 5) is 6.88. The number of hydrogen-bond acceptors (Lipinski definition) is 5. The Morgan fingerprint density at radius 1 is 1.24 bits per heavy atom. The summed E-state index contributed by atoms with van der Waals surface area (Å²) in [6.45, 7) is 2.94. The molecule has 25 heavy (non-hydrogen) atoms. The Bertz CT molecular complexity index is 869. The van der Waals surface area contributed by atoms with Gasteiger partial charge in [-0.05, 0) is 55.8 Å². The number of nitrogens with two attached hydrogens (primary N) is 1. The Morgan fingerprint density at radius 3 is 2.88 bits per heavy atom. The van der Waals surface area contributed by atoms with E-state index in [2.05, 4.69) is 26.4 Å². The highest BCUT2D eigenvalue weighted by atomic mass is 35.5. The van der Waals surface area contributed by atoms with Crippen LogP contribution in [0, 0.1) is 0 Å². The lowest BCUT2D eigenvalue weighted by molar-refractivity contribution is 0.206. The number of rotatable bonds is 4. The van der Waals surface area contributed by atoms with Crippen LogP contribution in [0.1, 0.15) is 18.4 Å². The third kappa shape index (κ3) is 3.61. The molecule has 4 rings (SSSR count). The molecule has 3 aromatic rings. The van der Waals surface area contributed by atoms with E-state index in [1.807, 2.05) is 35.0 Å². The molecule has 1 fully saturated rings. The van der Waals surface area contributed by atoms with Gasteiger partial charge in [-0.1, -0.05) is 17.7 Å². The van der Waals surface area contributed by atoms with Crippen molar-refractivity contribution in [2.24, 2.45) is 5.73 Å². The molecule has 1 saturated heterocycles. The average Bonchev–Trinajstić information content (AvgIpc) is 3.01. The van der Waals surface area contributed by atoms with Crippen molar-refractivity contribution in [1.29, 1.82) is 0 Å². The number of fused-ring (bicyclic) bond motifs is 1. The molecule has 0 radical (unpaired) electrons. The number of nitrogens with one attached hydrogen (secondary N) is 1. The summed E-state index contributed by atoms with van der Waals surface area (Å²) in [5, 5.41) is 8.38. The fourth-order valence-corrected chi connectivity index (χ4v) is 3.48. The van der Waals surface area contributed by atoms with Crippen molar-refractivity contribution in [3.8, 4) is 0 Å². The minimum atomic E-state index is 0.338. The number of halogens is 1. The van der Waals surface area contributed by atoms with Crippen LogP contribution in [0.25, 0.3) is 5.52 Å². The van der Waals surface area contributed by atoms with Gasteiger partial charge >= 0.3 is 0 Å². The smallest absolute Gasteiger partial charge is 0.158 e. The Kier molecular flexibility index (Phi) is 4.57. The predicted octanol–water partition coefficient (Wildman–Crippen LogP) is 3.05. The van der Waals surface area contributed by atoms with Crippen LogP contribution in [0.4, 0.5) is 11.5 Å². The van der Waals surface area contributed by atoms with E-state index in [4.69, 9.17) is 17.3 Å². The zero-order valence-electron chi connectivity index (χ0n) is 13.9. The lowest BCUT2D eigenvalue weighted by Crippen LogP contribution is -2.39. The van der Waals surface area contributed by atoms with Crippen LogP contribution in [0.3, 0.4) is 0 Å². The molecule has 1 aliphatic heterocycles. The van der Waals surface area contributed by atoms with E-state index in [1.54, 1.807) is 6.33 Å². The molecule has 7 heteroatoms. The monoisotopic (exact) mass is 356 g/mol. The molecular weight excluding hydrogens is 336 g/mol. The van der Waals surface area contributed by atoms with Crippen molar-refractivity contribution >= 4 is 28.6 Å². The molecule has 0 bridgehead atoms. The summed E-state index contributed by atoms with van der Waals surface area (Å²) in [6.07, 6.45) is 5.64. The molecule has 0 saturated carbocycles. The standard InChI is InChI=1S/C18H21ClN6/c19-14-2-1-3-16(10-14)23-18-17-13(4-9-25(17)22-12-21-18)11-24-7-5-15(20)6-8-24/h1-4,9-10,12,15H,5-8,11,20H2,(H,21,22,23). The van der Waals surface area contributed by atoms with Crippen LogP contribution in [0.15, 0.2) is 42.9 Å². The van der Waals surface area contributed by atoms with Gasteiger partial charge < -0.3 is 11.1 Å². The number of anilines is 2. The molecular formula is C18H21ClN6. The maximum absolute atomic E-state index is 6.09. The number of benzene rings is 1. The summed E-state index contributed by atoms with van der Waals surface area (Å²) in [5.41, 5.74) is 9.12. The van der Waals surface area contributed by atoms with E-state index < -0.39 is 0 Å². The largest absolute Gasteiger partial charge is 0.338 e. The number of nitrogens with zero attached hydrogens (tertiary/aromatic N) is 4. The number of piperidine rings is 1. The van der Waals surface area contributed by atoms with Gasteiger partial charge in [-0.25, -0.2) is 9.50 Å². The van der Waals surface area contributed by atoms with E-state index in [1.165, 1.54) is 5.56 Å². The quantitative estimate of drug-likeness (QED) is 0.751. The second-order valence-corrected chi connectivity index (χ2v) is 6.93. The highest BCUT2D eigenvalue weighted by molar-refractivity contribution is 6.30. The Morgan fingerprint density at radius 2 is 2.08 bits per heavy atom.